The largest absolute Gasteiger partial charge is 0.382 e. The van der Waals surface area contributed by atoms with Gasteiger partial charge < -0.3 is 10.1 Å². The molecule has 4 nitrogen and oxygen atoms in total. The van der Waals surface area contributed by atoms with E-state index in [9.17, 15) is 0 Å². The van der Waals surface area contributed by atoms with Crippen molar-refractivity contribution in [2.75, 3.05) is 19.0 Å². The molecule has 1 N–H and O–H groups in total. The van der Waals surface area contributed by atoms with Gasteiger partial charge in [-0.25, -0.2) is 0 Å². The molecule has 2 aromatic rings. The van der Waals surface area contributed by atoms with Crippen LogP contribution in [0.25, 0.3) is 0 Å². The summed E-state index contributed by atoms with van der Waals surface area (Å²) in [5, 5.41) is 7.55. The Kier molecular flexibility index (Phi) is 3.77. The Labute approximate surface area is 101 Å². The first-order chi connectivity index (χ1) is 8.29. The first-order valence-electron chi connectivity index (χ1n) is 5.58. The number of aromatic nitrogens is 2. The van der Waals surface area contributed by atoms with Crippen LogP contribution >= 0.6 is 0 Å². The first-order valence-corrected chi connectivity index (χ1v) is 5.58. The monoisotopic (exact) mass is 231 g/mol. The molecule has 0 amide bonds. The third-order valence-corrected chi connectivity index (χ3v) is 2.58. The molecule has 0 saturated heterocycles. The van der Waals surface area contributed by atoms with Gasteiger partial charge in [-0.3, -0.25) is 4.68 Å². The molecule has 0 saturated carbocycles. The van der Waals surface area contributed by atoms with Crippen molar-refractivity contribution < 1.29 is 4.74 Å². The molecule has 1 atom stereocenters. The molecule has 4 heteroatoms. The van der Waals surface area contributed by atoms with Crippen LogP contribution in [0.3, 0.4) is 0 Å². The van der Waals surface area contributed by atoms with Crippen molar-refractivity contribution in [1.29, 1.82) is 0 Å². The quantitative estimate of drug-likeness (QED) is 0.857. The van der Waals surface area contributed by atoms with Crippen LogP contribution in [0, 0.1) is 0 Å². The Morgan fingerprint density at radius 1 is 1.35 bits per heavy atom. The summed E-state index contributed by atoms with van der Waals surface area (Å²) in [6, 6.07) is 10.4. The zero-order valence-electron chi connectivity index (χ0n) is 10.1. The summed E-state index contributed by atoms with van der Waals surface area (Å²) in [4.78, 5) is 0. The fraction of sp³-hybridized carbons (Fsp3) is 0.308. The van der Waals surface area contributed by atoms with Crippen LogP contribution in [0.1, 0.15) is 11.6 Å². The number of rotatable bonds is 5. The average Bonchev–Trinajstić information content (AvgIpc) is 2.75. The van der Waals surface area contributed by atoms with Gasteiger partial charge in [-0.05, 0) is 5.56 Å². The molecule has 17 heavy (non-hydrogen) atoms. The lowest BCUT2D eigenvalue weighted by atomic mass is 10.1. The van der Waals surface area contributed by atoms with Crippen LogP contribution in [-0.2, 0) is 11.8 Å². The molecule has 1 unspecified atom stereocenters. The van der Waals surface area contributed by atoms with Gasteiger partial charge in [0.25, 0.3) is 0 Å². The summed E-state index contributed by atoms with van der Waals surface area (Å²) in [5.41, 5.74) is 2.21. The summed E-state index contributed by atoms with van der Waals surface area (Å²) >= 11 is 0. The number of anilines is 1. The van der Waals surface area contributed by atoms with E-state index in [2.05, 4.69) is 22.5 Å². The van der Waals surface area contributed by atoms with E-state index >= 15 is 0 Å². The second kappa shape index (κ2) is 5.50. The standard InChI is InChI=1S/C13H17N3O/c1-16-9-12(8-14-16)15-13(10-17-2)11-6-4-3-5-7-11/h3-9,13,15H,10H2,1-2H3. The van der Waals surface area contributed by atoms with Crippen LogP contribution in [0.5, 0.6) is 0 Å². The van der Waals surface area contributed by atoms with Gasteiger partial charge in [-0.1, -0.05) is 30.3 Å². The summed E-state index contributed by atoms with van der Waals surface area (Å²) in [5.74, 6) is 0. The maximum absolute atomic E-state index is 5.25. The van der Waals surface area contributed by atoms with Crippen molar-refractivity contribution in [2.45, 2.75) is 6.04 Å². The number of benzene rings is 1. The number of aryl methyl sites for hydroxylation is 1. The van der Waals surface area contributed by atoms with E-state index in [0.717, 1.165) is 5.69 Å². The molecule has 1 aromatic carbocycles. The van der Waals surface area contributed by atoms with E-state index in [0.29, 0.717) is 6.61 Å². The van der Waals surface area contributed by atoms with Crippen molar-refractivity contribution in [2.24, 2.45) is 7.05 Å². The molecule has 0 fully saturated rings. The van der Waals surface area contributed by atoms with Crippen LogP contribution in [0.2, 0.25) is 0 Å². The maximum Gasteiger partial charge on any atom is 0.0748 e. The van der Waals surface area contributed by atoms with Crippen LogP contribution in [0.15, 0.2) is 42.7 Å². The highest BCUT2D eigenvalue weighted by atomic mass is 16.5. The molecule has 90 valence electrons. The molecule has 0 aliphatic heterocycles. The highest BCUT2D eigenvalue weighted by molar-refractivity contribution is 5.41. The fourth-order valence-corrected chi connectivity index (χ4v) is 1.77. The lowest BCUT2D eigenvalue weighted by molar-refractivity contribution is 0.186. The van der Waals surface area contributed by atoms with Crippen LogP contribution in [0.4, 0.5) is 5.69 Å². The zero-order valence-corrected chi connectivity index (χ0v) is 10.1. The highest BCUT2D eigenvalue weighted by Crippen LogP contribution is 2.19. The topological polar surface area (TPSA) is 39.1 Å². The highest BCUT2D eigenvalue weighted by Gasteiger charge is 2.11. The van der Waals surface area contributed by atoms with Gasteiger partial charge in [0.1, 0.15) is 0 Å². The number of ether oxygens (including phenoxy) is 1. The van der Waals surface area contributed by atoms with Crippen LogP contribution in [-0.4, -0.2) is 23.5 Å². The predicted octanol–water partition coefficient (Wildman–Crippen LogP) is 2.22. The minimum absolute atomic E-state index is 0.144. The normalized spacial score (nSPS) is 12.4. The second-order valence-corrected chi connectivity index (χ2v) is 3.97. The van der Waals surface area contributed by atoms with Crippen molar-refractivity contribution in [3.8, 4) is 0 Å². The van der Waals surface area contributed by atoms with E-state index in [-0.39, 0.29) is 6.04 Å². The predicted molar refractivity (Wildman–Crippen MR) is 67.9 cm³/mol. The molecule has 0 spiro atoms. The molecule has 0 bridgehead atoms. The number of hydrogen-bond acceptors (Lipinski definition) is 3. The summed E-state index contributed by atoms with van der Waals surface area (Å²) in [7, 11) is 3.61. The molecular formula is C13H17N3O. The van der Waals surface area contributed by atoms with E-state index < -0.39 is 0 Å². The summed E-state index contributed by atoms with van der Waals surface area (Å²) in [6.45, 7) is 0.624. The molecule has 1 aromatic heterocycles. The smallest absolute Gasteiger partial charge is 0.0748 e. The average molecular weight is 231 g/mol. The van der Waals surface area contributed by atoms with Crippen molar-refractivity contribution in [1.82, 2.24) is 9.78 Å². The zero-order chi connectivity index (χ0) is 12.1. The van der Waals surface area contributed by atoms with Crippen molar-refractivity contribution >= 4 is 5.69 Å². The lowest BCUT2D eigenvalue weighted by Crippen LogP contribution is -2.15. The van der Waals surface area contributed by atoms with E-state index in [1.54, 1.807) is 11.8 Å². The summed E-state index contributed by atoms with van der Waals surface area (Å²) in [6.07, 6.45) is 3.76. The van der Waals surface area contributed by atoms with Gasteiger partial charge in [-0.15, -0.1) is 0 Å². The minimum Gasteiger partial charge on any atom is -0.382 e. The van der Waals surface area contributed by atoms with Gasteiger partial charge in [0, 0.05) is 20.4 Å². The van der Waals surface area contributed by atoms with Gasteiger partial charge >= 0.3 is 0 Å². The maximum atomic E-state index is 5.25. The SMILES string of the molecule is COCC(Nc1cnn(C)c1)c1ccccc1. The van der Waals surface area contributed by atoms with Crippen molar-refractivity contribution in [3.05, 3.63) is 48.3 Å². The molecule has 0 radical (unpaired) electrons. The molecule has 0 aliphatic rings. The molecular weight excluding hydrogens is 214 g/mol. The molecule has 2 rings (SSSR count). The third-order valence-electron chi connectivity index (χ3n) is 2.58. The van der Waals surface area contributed by atoms with E-state index in [1.807, 2.05) is 37.6 Å². The van der Waals surface area contributed by atoms with Gasteiger partial charge in [-0.2, -0.15) is 5.10 Å². The molecule has 1 heterocycles. The lowest BCUT2D eigenvalue weighted by Gasteiger charge is -2.18. The third kappa shape index (κ3) is 3.07. The Bertz CT molecular complexity index is 453. The molecule has 0 aliphatic carbocycles. The van der Waals surface area contributed by atoms with Gasteiger partial charge in [0.2, 0.25) is 0 Å². The van der Waals surface area contributed by atoms with E-state index in [1.165, 1.54) is 5.56 Å². The van der Waals surface area contributed by atoms with Gasteiger partial charge in [0.05, 0.1) is 24.5 Å². The number of nitrogens with one attached hydrogen (secondary N) is 1. The van der Waals surface area contributed by atoms with Gasteiger partial charge in [0.15, 0.2) is 0 Å². The number of hydrogen-bond donors (Lipinski definition) is 1. The second-order valence-electron chi connectivity index (χ2n) is 3.97. The van der Waals surface area contributed by atoms with Crippen LogP contribution < -0.4 is 5.32 Å². The Balaban J connectivity index is 2.13. The van der Waals surface area contributed by atoms with E-state index in [4.69, 9.17) is 4.74 Å². The number of nitrogens with zero attached hydrogens (tertiary/aromatic N) is 2. The fourth-order valence-electron chi connectivity index (χ4n) is 1.77. The Morgan fingerprint density at radius 2 is 2.12 bits per heavy atom. The summed E-state index contributed by atoms with van der Waals surface area (Å²) < 4.78 is 7.02. The first kappa shape index (κ1) is 11.7. The number of methoxy groups -OCH3 is 1. The Hall–Kier alpha value is -1.81. The van der Waals surface area contributed by atoms with Crippen molar-refractivity contribution in [3.63, 3.8) is 0 Å². The Morgan fingerprint density at radius 3 is 2.71 bits per heavy atom. The minimum atomic E-state index is 0.144.